The molecule has 3 N–H and O–H groups in total. The van der Waals surface area contributed by atoms with E-state index in [0.717, 1.165) is 38.1 Å². The lowest BCUT2D eigenvalue weighted by Crippen LogP contribution is -2.42. The highest BCUT2D eigenvalue weighted by Crippen LogP contribution is 2.68. The Morgan fingerprint density at radius 1 is 1.13 bits per heavy atom. The molecule has 2 aromatic rings. The molecule has 8 nitrogen and oxygen atoms in total. The predicted molar refractivity (Wildman–Crippen MR) is 111 cm³/mol. The van der Waals surface area contributed by atoms with Gasteiger partial charge in [-0.25, -0.2) is 0 Å². The fourth-order valence-electron chi connectivity index (χ4n) is 6.47. The molecule has 3 heterocycles. The molecule has 0 unspecified atom stereocenters. The van der Waals surface area contributed by atoms with Crippen molar-refractivity contribution in [3.05, 3.63) is 44.4 Å². The van der Waals surface area contributed by atoms with Crippen molar-refractivity contribution in [1.29, 1.82) is 0 Å². The molecule has 1 aromatic carbocycles. The van der Waals surface area contributed by atoms with Crippen LogP contribution in [0, 0.1) is 29.6 Å². The number of nitrogens with one attached hydrogen (secondary N) is 1. The number of carboxylic acids is 1. The highest BCUT2D eigenvalue weighted by atomic mass is 32.2. The van der Waals surface area contributed by atoms with E-state index in [1.165, 1.54) is 0 Å². The molecule has 4 aliphatic rings. The average molecular weight is 459 g/mol. The molecular weight excluding hydrogens is 440 g/mol. The number of phenolic OH excluding ortho intramolecular Hbond substituents is 1. The Hall–Kier alpha value is -2.59. The third-order valence-corrected chi connectivity index (χ3v) is 9.97. The van der Waals surface area contributed by atoms with Gasteiger partial charge < -0.3 is 15.2 Å². The molecule has 7 atom stereocenters. The summed E-state index contributed by atoms with van der Waals surface area (Å²) in [4.78, 5) is 54.0. The number of aromatic amines is 1. The summed E-state index contributed by atoms with van der Waals surface area (Å²) < 4.78 is 0. The maximum atomic E-state index is 13.1. The van der Waals surface area contributed by atoms with Gasteiger partial charge in [0.05, 0.1) is 16.9 Å². The van der Waals surface area contributed by atoms with Crippen molar-refractivity contribution in [2.24, 2.45) is 29.6 Å². The fraction of sp³-hybridized carbons (Fsp3) is 0.429. The van der Waals surface area contributed by atoms with Crippen molar-refractivity contribution >= 4 is 40.9 Å². The largest absolute Gasteiger partial charge is 0.508 e. The topological polar surface area (TPSA) is 128 Å². The third kappa shape index (κ3) is 2.48. The van der Waals surface area contributed by atoms with Crippen LogP contribution in [-0.2, 0) is 14.4 Å². The van der Waals surface area contributed by atoms with Gasteiger partial charge in [0.15, 0.2) is 0 Å². The summed E-state index contributed by atoms with van der Waals surface area (Å²) in [6, 6.07) is 7.06. The maximum absolute atomic E-state index is 13.1. The summed E-state index contributed by atoms with van der Waals surface area (Å²) in [6.45, 7) is -0.601. The molecule has 1 aromatic heterocycles. The predicted octanol–water partition coefficient (Wildman–Crippen LogP) is 1.70. The summed E-state index contributed by atoms with van der Waals surface area (Å²) in [5.74, 6) is -3.29. The summed E-state index contributed by atoms with van der Waals surface area (Å²) in [7, 11) is 0. The van der Waals surface area contributed by atoms with Crippen LogP contribution in [0.1, 0.15) is 22.8 Å². The van der Waals surface area contributed by atoms with Gasteiger partial charge in [-0.05, 0) is 30.2 Å². The number of amides is 2. The van der Waals surface area contributed by atoms with Gasteiger partial charge in [-0.1, -0.05) is 29.5 Å². The second-order valence-corrected chi connectivity index (χ2v) is 10.9. The zero-order chi connectivity index (χ0) is 21.6. The normalized spacial score (nSPS) is 35.2. The highest BCUT2D eigenvalue weighted by molar-refractivity contribution is 8.00. The van der Waals surface area contributed by atoms with Crippen LogP contribution >= 0.6 is 23.1 Å². The Morgan fingerprint density at radius 2 is 1.84 bits per heavy atom. The van der Waals surface area contributed by atoms with Crippen LogP contribution in [0.2, 0.25) is 0 Å². The first-order chi connectivity index (χ1) is 14.9. The molecule has 2 aliphatic carbocycles. The molecule has 1 saturated heterocycles. The Kier molecular flexibility index (Phi) is 3.98. The fourth-order valence-corrected chi connectivity index (χ4v) is 9.35. The van der Waals surface area contributed by atoms with Gasteiger partial charge in [-0.2, -0.15) is 0 Å². The summed E-state index contributed by atoms with van der Waals surface area (Å²) in [6.07, 6.45) is 0.722. The number of nitrogens with zero attached hydrogens (tertiary/aromatic N) is 1. The Morgan fingerprint density at radius 3 is 2.55 bits per heavy atom. The number of carbonyl (C=O) groups is 3. The molecule has 0 radical (unpaired) electrons. The number of hydrogen-bond donors (Lipinski definition) is 3. The van der Waals surface area contributed by atoms with Gasteiger partial charge >= 0.3 is 10.8 Å². The molecule has 2 aliphatic heterocycles. The van der Waals surface area contributed by atoms with E-state index in [2.05, 4.69) is 4.98 Å². The number of thioether (sulfide) groups is 1. The quantitative estimate of drug-likeness (QED) is 0.597. The van der Waals surface area contributed by atoms with Crippen LogP contribution in [0.3, 0.4) is 0 Å². The van der Waals surface area contributed by atoms with Crippen molar-refractivity contribution in [3.63, 3.8) is 0 Å². The van der Waals surface area contributed by atoms with Crippen LogP contribution in [0.4, 0.5) is 0 Å². The zero-order valence-corrected chi connectivity index (χ0v) is 17.7. The molecule has 6 rings (SSSR count). The van der Waals surface area contributed by atoms with Gasteiger partial charge in [-0.3, -0.25) is 24.1 Å². The second-order valence-electron chi connectivity index (χ2n) is 8.68. The van der Waals surface area contributed by atoms with E-state index in [1.54, 1.807) is 23.9 Å². The lowest BCUT2D eigenvalue weighted by atomic mass is 9.68. The first kappa shape index (κ1) is 19.1. The second kappa shape index (κ2) is 6.46. The van der Waals surface area contributed by atoms with Crippen LogP contribution < -0.4 is 4.87 Å². The van der Waals surface area contributed by atoms with Gasteiger partial charge in [0, 0.05) is 21.6 Å². The zero-order valence-electron chi connectivity index (χ0n) is 16.1. The van der Waals surface area contributed by atoms with Gasteiger partial charge in [0.1, 0.15) is 12.3 Å². The monoisotopic (exact) mass is 458 g/mol. The number of thiazole rings is 1. The van der Waals surface area contributed by atoms with Crippen LogP contribution in [0.15, 0.2) is 34.1 Å². The number of imide groups is 1. The first-order valence-corrected chi connectivity index (χ1v) is 11.8. The van der Waals surface area contributed by atoms with E-state index >= 15 is 0 Å². The molecule has 2 bridgehead atoms. The number of aromatic hydroxyl groups is 1. The average Bonchev–Trinajstić information content (AvgIpc) is 3.44. The van der Waals surface area contributed by atoms with Crippen LogP contribution in [0.5, 0.6) is 5.75 Å². The third-order valence-electron chi connectivity index (χ3n) is 7.38. The number of aromatic nitrogens is 1. The van der Waals surface area contributed by atoms with Crippen molar-refractivity contribution < 1.29 is 24.6 Å². The number of hydrogen-bond acceptors (Lipinski definition) is 7. The van der Waals surface area contributed by atoms with Crippen molar-refractivity contribution in [1.82, 2.24) is 9.88 Å². The molecular formula is C21H18N2O6S2. The van der Waals surface area contributed by atoms with Crippen LogP contribution in [0.25, 0.3) is 0 Å². The van der Waals surface area contributed by atoms with E-state index in [-0.39, 0.29) is 45.5 Å². The SMILES string of the molecule is O=C(O)CN1C(=O)[C@@H]2[C@H]3C[C@@H]([C@@H]2C1=O)[C@@H]1[C@@H](c2ccccc2O)c2sc(=O)[nH]c2S[C@@H]31. The van der Waals surface area contributed by atoms with E-state index in [1.807, 2.05) is 12.1 Å². The minimum Gasteiger partial charge on any atom is -0.508 e. The van der Waals surface area contributed by atoms with Crippen LogP contribution in [-0.4, -0.2) is 49.7 Å². The number of likely N-dealkylation sites (tertiary alicyclic amines) is 1. The lowest BCUT2D eigenvalue weighted by Gasteiger charge is -2.43. The highest BCUT2D eigenvalue weighted by Gasteiger charge is 2.69. The number of carbonyl (C=O) groups excluding carboxylic acids is 2. The number of carboxylic acid groups (broad SMARTS) is 1. The number of fused-ring (bicyclic) bond motifs is 9. The van der Waals surface area contributed by atoms with Crippen molar-refractivity contribution in [3.8, 4) is 5.75 Å². The van der Waals surface area contributed by atoms with Crippen molar-refractivity contribution in [2.45, 2.75) is 22.6 Å². The summed E-state index contributed by atoms with van der Waals surface area (Å²) in [5.41, 5.74) is 0.720. The Bertz CT molecular complexity index is 1200. The molecule has 2 saturated carbocycles. The molecule has 31 heavy (non-hydrogen) atoms. The Balaban J connectivity index is 1.47. The van der Waals surface area contributed by atoms with E-state index in [9.17, 15) is 24.3 Å². The number of phenols is 1. The maximum Gasteiger partial charge on any atom is 0.323 e. The number of para-hydroxylation sites is 1. The summed E-state index contributed by atoms with van der Waals surface area (Å²) in [5, 5.41) is 20.6. The number of rotatable bonds is 3. The molecule has 10 heteroatoms. The van der Waals surface area contributed by atoms with Gasteiger partial charge in [0.25, 0.3) is 0 Å². The number of H-pyrrole nitrogens is 1. The van der Waals surface area contributed by atoms with Gasteiger partial charge in [-0.15, -0.1) is 11.8 Å². The minimum atomic E-state index is -1.20. The van der Waals surface area contributed by atoms with E-state index in [0.29, 0.717) is 0 Å². The first-order valence-electron chi connectivity index (χ1n) is 10.1. The smallest absolute Gasteiger partial charge is 0.323 e. The molecule has 160 valence electrons. The number of aliphatic carboxylic acids is 1. The molecule has 0 spiro atoms. The minimum absolute atomic E-state index is 0.00938. The van der Waals surface area contributed by atoms with Gasteiger partial charge in [0.2, 0.25) is 11.8 Å². The molecule has 3 fully saturated rings. The summed E-state index contributed by atoms with van der Waals surface area (Å²) >= 11 is 2.69. The lowest BCUT2D eigenvalue weighted by molar-refractivity contribution is -0.149. The number of benzene rings is 1. The van der Waals surface area contributed by atoms with E-state index in [4.69, 9.17) is 5.11 Å². The molecule has 2 amide bonds. The van der Waals surface area contributed by atoms with Crippen molar-refractivity contribution in [2.75, 3.05) is 6.54 Å². The standard InChI is InChI=1S/C21H18N2O6S2/c24-10-4-2-1-3-7(10)12-13-8-5-9(16(13)30-18-17(12)31-21(29)22-18)15-14(8)19(27)23(20(15)28)6-11(25)26/h1-4,8-9,12-16,24H,5-6H2,(H,22,29)(H,25,26)/t8-,9-,12-,13-,14+,15-,16+/m1/s1. The Labute approximate surface area is 184 Å². The van der Waals surface area contributed by atoms with E-state index < -0.39 is 30.3 Å².